The number of imide groups is 1. The Hall–Kier alpha value is -4.24. The molecule has 1 aromatic heterocycles. The summed E-state index contributed by atoms with van der Waals surface area (Å²) in [5.41, 5.74) is 4.40. The van der Waals surface area contributed by atoms with Gasteiger partial charge in [0.05, 0.1) is 6.33 Å². The average Bonchev–Trinajstić information content (AvgIpc) is 3.35. The van der Waals surface area contributed by atoms with E-state index in [0.29, 0.717) is 18.5 Å². The first-order chi connectivity index (χ1) is 15.5. The average molecular weight is 433 g/mol. The molecule has 0 saturated carbocycles. The van der Waals surface area contributed by atoms with Crippen LogP contribution in [0.15, 0.2) is 73.2 Å². The Labute approximate surface area is 184 Å². The predicted octanol–water partition coefficient (Wildman–Crippen LogP) is 2.52. The van der Waals surface area contributed by atoms with Crippen LogP contribution in [0.3, 0.4) is 0 Å². The maximum atomic E-state index is 12.9. The van der Waals surface area contributed by atoms with Gasteiger partial charge in [-0.15, -0.1) is 0 Å². The Balaban J connectivity index is 1.69. The van der Waals surface area contributed by atoms with Gasteiger partial charge in [0.1, 0.15) is 0 Å². The van der Waals surface area contributed by atoms with Gasteiger partial charge in [0.25, 0.3) is 11.8 Å². The number of rotatable bonds is 8. The van der Waals surface area contributed by atoms with E-state index in [1.54, 1.807) is 66.0 Å². The van der Waals surface area contributed by atoms with E-state index in [4.69, 9.17) is 5.21 Å². The van der Waals surface area contributed by atoms with Crippen LogP contribution in [-0.4, -0.2) is 44.5 Å². The molecule has 2 aromatic carbocycles. The highest BCUT2D eigenvalue weighted by molar-refractivity contribution is 6.04. The molecule has 0 radical (unpaired) electrons. The van der Waals surface area contributed by atoms with E-state index in [0.717, 1.165) is 16.8 Å². The van der Waals surface area contributed by atoms with Crippen LogP contribution in [0.5, 0.6) is 0 Å². The van der Waals surface area contributed by atoms with Crippen molar-refractivity contribution in [1.82, 2.24) is 25.7 Å². The first kappa shape index (κ1) is 22.4. The fourth-order valence-corrected chi connectivity index (χ4v) is 2.93. The summed E-state index contributed by atoms with van der Waals surface area (Å²) in [5.74, 6) is -1.09. The lowest BCUT2D eigenvalue weighted by Crippen LogP contribution is -2.43. The summed E-state index contributed by atoms with van der Waals surface area (Å²) in [6.45, 7) is 0.650. The highest BCUT2D eigenvalue weighted by Gasteiger charge is 2.18. The maximum absolute atomic E-state index is 12.9. The summed E-state index contributed by atoms with van der Waals surface area (Å²) in [7, 11) is 0. The number of nitrogens with zero attached hydrogens (tertiary/aromatic N) is 2. The third kappa shape index (κ3) is 6.64. The van der Waals surface area contributed by atoms with Gasteiger partial charge in [0.15, 0.2) is 0 Å². The van der Waals surface area contributed by atoms with Gasteiger partial charge in [-0.05, 0) is 29.3 Å². The lowest BCUT2D eigenvalue weighted by Gasteiger charge is -2.23. The lowest BCUT2D eigenvalue weighted by atomic mass is 10.1. The number of benzene rings is 2. The second-order valence-corrected chi connectivity index (χ2v) is 6.92. The highest BCUT2D eigenvalue weighted by atomic mass is 16.5. The maximum Gasteiger partial charge on any atom is 0.324 e. The topological polar surface area (TPSA) is 127 Å². The number of carbonyl (C=O) groups excluding carboxylic acids is 3. The zero-order valence-electron chi connectivity index (χ0n) is 17.2. The van der Waals surface area contributed by atoms with E-state index >= 15 is 0 Å². The fourth-order valence-electron chi connectivity index (χ4n) is 2.93. The number of amides is 4. The van der Waals surface area contributed by atoms with Gasteiger partial charge in [-0.25, -0.2) is 15.3 Å². The van der Waals surface area contributed by atoms with Crippen LogP contribution in [0.4, 0.5) is 4.79 Å². The van der Waals surface area contributed by atoms with Crippen LogP contribution in [0.1, 0.15) is 27.2 Å². The van der Waals surface area contributed by atoms with Crippen LogP contribution >= 0.6 is 0 Å². The van der Waals surface area contributed by atoms with Crippen LogP contribution in [0.2, 0.25) is 0 Å². The fraction of sp³-hybridized carbons (Fsp3) is 0.130. The van der Waals surface area contributed by atoms with Crippen LogP contribution in [0.25, 0.3) is 6.08 Å². The van der Waals surface area contributed by atoms with Gasteiger partial charge in [-0.1, -0.05) is 42.5 Å². The number of imidazole rings is 1. The smallest absolute Gasteiger partial charge is 0.324 e. The summed E-state index contributed by atoms with van der Waals surface area (Å²) in [5, 5.41) is 11.0. The number of hydrogen-bond acceptors (Lipinski definition) is 5. The van der Waals surface area contributed by atoms with Crippen molar-refractivity contribution in [3.8, 4) is 0 Å². The number of carbonyl (C=O) groups is 3. The Bertz CT molecular complexity index is 1060. The summed E-state index contributed by atoms with van der Waals surface area (Å²) in [6, 6.07) is 15.3. The van der Waals surface area contributed by atoms with E-state index in [2.05, 4.69) is 15.3 Å². The normalized spacial score (nSPS) is 10.7. The molecule has 0 unspecified atom stereocenters. The van der Waals surface area contributed by atoms with E-state index in [-0.39, 0.29) is 6.54 Å². The molecule has 0 aliphatic rings. The highest BCUT2D eigenvalue weighted by Crippen LogP contribution is 2.11. The third-order valence-electron chi connectivity index (χ3n) is 4.64. The molecule has 3 aromatic rings. The van der Waals surface area contributed by atoms with Crippen LogP contribution in [0, 0.1) is 0 Å². The standard InChI is InChI=1S/C23H23N5O4/c29-21(27-32)11-10-17-6-8-18(9-7-17)15-28(13-12-20-14-24-16-25-20)23(31)26-22(30)19-4-2-1-3-5-19/h1-11,14,16,32H,12-13,15H2,(H,24,25)(H,27,29)(H,26,30,31). The van der Waals surface area contributed by atoms with Crippen LogP contribution in [-0.2, 0) is 17.8 Å². The number of H-pyrrole nitrogens is 1. The Kier molecular flexibility index (Phi) is 7.88. The molecule has 3 rings (SSSR count). The number of hydrogen-bond donors (Lipinski definition) is 4. The molecule has 4 N–H and O–H groups in total. The summed E-state index contributed by atoms with van der Waals surface area (Å²) < 4.78 is 0. The molecule has 1 heterocycles. The Morgan fingerprint density at radius 1 is 1.06 bits per heavy atom. The molecule has 0 atom stereocenters. The quantitative estimate of drug-likeness (QED) is 0.247. The number of hydroxylamine groups is 1. The molecule has 0 spiro atoms. The summed E-state index contributed by atoms with van der Waals surface area (Å²) in [6.07, 6.45) is 6.56. The van der Waals surface area contributed by atoms with Crippen molar-refractivity contribution in [1.29, 1.82) is 0 Å². The van der Waals surface area contributed by atoms with E-state index in [1.807, 2.05) is 12.1 Å². The third-order valence-corrected chi connectivity index (χ3v) is 4.64. The monoisotopic (exact) mass is 433 g/mol. The second-order valence-electron chi connectivity index (χ2n) is 6.92. The van der Waals surface area contributed by atoms with Gasteiger partial charge < -0.3 is 9.88 Å². The minimum atomic E-state index is -0.626. The molecular formula is C23H23N5O4. The SMILES string of the molecule is O=C(C=Cc1ccc(CN(CCc2cnc[nH]2)C(=O)NC(=O)c2ccccc2)cc1)NO. The van der Waals surface area contributed by atoms with Crippen molar-refractivity contribution in [3.63, 3.8) is 0 Å². The molecule has 164 valence electrons. The van der Waals surface area contributed by atoms with Gasteiger partial charge in [0.2, 0.25) is 0 Å². The molecule has 0 bridgehead atoms. The van der Waals surface area contributed by atoms with Gasteiger partial charge in [-0.3, -0.25) is 20.1 Å². The number of nitrogens with one attached hydrogen (secondary N) is 3. The summed E-state index contributed by atoms with van der Waals surface area (Å²) >= 11 is 0. The molecule has 0 aliphatic carbocycles. The largest absolute Gasteiger partial charge is 0.348 e. The van der Waals surface area contributed by atoms with Crippen molar-refractivity contribution < 1.29 is 19.6 Å². The zero-order valence-corrected chi connectivity index (χ0v) is 17.2. The predicted molar refractivity (Wildman–Crippen MR) is 117 cm³/mol. The number of urea groups is 1. The summed E-state index contributed by atoms with van der Waals surface area (Å²) in [4.78, 5) is 44.9. The van der Waals surface area contributed by atoms with Crippen molar-refractivity contribution in [3.05, 3.63) is 95.6 Å². The Morgan fingerprint density at radius 2 is 1.81 bits per heavy atom. The van der Waals surface area contributed by atoms with Gasteiger partial charge in [-0.2, -0.15) is 0 Å². The molecule has 0 aliphatic heterocycles. The van der Waals surface area contributed by atoms with E-state index < -0.39 is 17.8 Å². The van der Waals surface area contributed by atoms with Crippen molar-refractivity contribution in [2.75, 3.05) is 6.54 Å². The number of aromatic amines is 1. The van der Waals surface area contributed by atoms with Crippen molar-refractivity contribution >= 4 is 23.9 Å². The minimum absolute atomic E-state index is 0.281. The first-order valence-corrected chi connectivity index (χ1v) is 9.89. The number of aromatic nitrogens is 2. The minimum Gasteiger partial charge on any atom is -0.348 e. The molecule has 32 heavy (non-hydrogen) atoms. The zero-order chi connectivity index (χ0) is 22.8. The molecule has 9 heteroatoms. The van der Waals surface area contributed by atoms with Crippen molar-refractivity contribution in [2.24, 2.45) is 0 Å². The van der Waals surface area contributed by atoms with Crippen LogP contribution < -0.4 is 10.8 Å². The Morgan fingerprint density at radius 3 is 2.47 bits per heavy atom. The van der Waals surface area contributed by atoms with Gasteiger partial charge in [0, 0.05) is 43.0 Å². The van der Waals surface area contributed by atoms with Gasteiger partial charge >= 0.3 is 6.03 Å². The van der Waals surface area contributed by atoms with Crippen molar-refractivity contribution in [2.45, 2.75) is 13.0 Å². The lowest BCUT2D eigenvalue weighted by molar-refractivity contribution is -0.124. The van der Waals surface area contributed by atoms with E-state index in [1.165, 1.54) is 11.6 Å². The first-order valence-electron chi connectivity index (χ1n) is 9.89. The molecular weight excluding hydrogens is 410 g/mol. The molecule has 4 amide bonds. The molecule has 0 fully saturated rings. The van der Waals surface area contributed by atoms with E-state index in [9.17, 15) is 14.4 Å². The molecule has 9 nitrogen and oxygen atoms in total. The molecule has 0 saturated heterocycles. The second kappa shape index (κ2) is 11.2.